The second kappa shape index (κ2) is 4.77. The number of alkyl halides is 3. The van der Waals surface area contributed by atoms with E-state index in [4.69, 9.17) is 5.73 Å². The van der Waals surface area contributed by atoms with Gasteiger partial charge in [-0.2, -0.15) is 13.2 Å². The quantitative estimate of drug-likeness (QED) is 0.716. The molecule has 0 aliphatic carbocycles. The minimum absolute atomic E-state index is 0.282. The normalized spacial score (nSPS) is 11.8. The van der Waals surface area contributed by atoms with Crippen LogP contribution in [-0.2, 0) is 6.18 Å². The maximum atomic E-state index is 12.7. The van der Waals surface area contributed by atoms with Crippen LogP contribution in [0, 0.1) is 0 Å². The summed E-state index contributed by atoms with van der Waals surface area (Å²) < 4.78 is 38.2. The van der Waals surface area contributed by atoms with E-state index >= 15 is 0 Å². The molecule has 0 saturated heterocycles. The summed E-state index contributed by atoms with van der Waals surface area (Å²) in [5.74, 6) is 0. The number of anilines is 1. The van der Waals surface area contributed by atoms with Crippen molar-refractivity contribution in [3.8, 4) is 11.3 Å². The van der Waals surface area contributed by atoms with E-state index in [-0.39, 0.29) is 5.69 Å². The molecule has 0 atom stereocenters. The molecule has 0 aliphatic rings. The van der Waals surface area contributed by atoms with Crippen molar-refractivity contribution in [2.45, 2.75) is 6.18 Å². The maximum absolute atomic E-state index is 12.7. The second-order valence-electron chi connectivity index (χ2n) is 4.69. The average Bonchev–Trinajstić information content (AvgIpc) is 2.47. The monoisotopic (exact) mass is 288 g/mol. The Morgan fingerprint density at radius 2 is 1.62 bits per heavy atom. The highest BCUT2D eigenvalue weighted by Crippen LogP contribution is 2.33. The third-order valence-electron chi connectivity index (χ3n) is 3.24. The minimum atomic E-state index is -4.39. The topological polar surface area (TPSA) is 38.9 Å². The van der Waals surface area contributed by atoms with Gasteiger partial charge in [0.25, 0.3) is 0 Å². The fraction of sp³-hybridized carbons (Fsp3) is 0.0625. The molecule has 1 aromatic heterocycles. The Morgan fingerprint density at radius 1 is 0.905 bits per heavy atom. The molecule has 106 valence electrons. The van der Waals surface area contributed by atoms with Crippen LogP contribution < -0.4 is 5.73 Å². The molecule has 1 heterocycles. The third kappa shape index (κ3) is 2.54. The average molecular weight is 288 g/mol. The van der Waals surface area contributed by atoms with Gasteiger partial charge >= 0.3 is 6.18 Å². The van der Waals surface area contributed by atoms with Crippen LogP contribution >= 0.6 is 0 Å². The summed E-state index contributed by atoms with van der Waals surface area (Å²) in [7, 11) is 0. The first-order valence-electron chi connectivity index (χ1n) is 6.28. The predicted octanol–water partition coefficient (Wildman–Crippen LogP) is 4.50. The fourth-order valence-corrected chi connectivity index (χ4v) is 2.18. The van der Waals surface area contributed by atoms with E-state index in [2.05, 4.69) is 4.98 Å². The Kier molecular flexibility index (Phi) is 3.05. The van der Waals surface area contributed by atoms with E-state index in [9.17, 15) is 13.2 Å². The molecule has 21 heavy (non-hydrogen) atoms. The van der Waals surface area contributed by atoms with Crippen LogP contribution in [-0.4, -0.2) is 4.98 Å². The molecule has 2 N–H and O–H groups in total. The zero-order valence-electron chi connectivity index (χ0n) is 10.9. The van der Waals surface area contributed by atoms with Gasteiger partial charge in [-0.25, -0.2) is 4.98 Å². The molecule has 0 unspecified atom stereocenters. The highest BCUT2D eigenvalue weighted by Gasteiger charge is 2.30. The number of hydrogen-bond acceptors (Lipinski definition) is 2. The van der Waals surface area contributed by atoms with E-state index in [1.807, 2.05) is 30.3 Å². The molecule has 0 aliphatic heterocycles. The van der Waals surface area contributed by atoms with Crippen molar-refractivity contribution in [3.63, 3.8) is 0 Å². The molecule has 0 saturated carbocycles. The highest BCUT2D eigenvalue weighted by molar-refractivity contribution is 5.93. The third-order valence-corrected chi connectivity index (χ3v) is 3.24. The van der Waals surface area contributed by atoms with Crippen LogP contribution in [0.1, 0.15) is 5.56 Å². The van der Waals surface area contributed by atoms with Crippen LogP contribution in [0.4, 0.5) is 18.9 Å². The lowest BCUT2D eigenvalue weighted by Crippen LogP contribution is -2.05. The van der Waals surface area contributed by atoms with Crippen LogP contribution in [0.3, 0.4) is 0 Å². The van der Waals surface area contributed by atoms with Gasteiger partial charge in [-0.05, 0) is 24.3 Å². The molecule has 0 fully saturated rings. The van der Waals surface area contributed by atoms with Crippen molar-refractivity contribution < 1.29 is 13.2 Å². The second-order valence-corrected chi connectivity index (χ2v) is 4.69. The van der Waals surface area contributed by atoms with Crippen LogP contribution in [0.15, 0.2) is 54.6 Å². The van der Waals surface area contributed by atoms with Crippen LogP contribution in [0.5, 0.6) is 0 Å². The van der Waals surface area contributed by atoms with Gasteiger partial charge in [0.05, 0.1) is 16.8 Å². The Bertz CT molecular complexity index is 796. The number of fused-ring (bicyclic) bond motifs is 1. The van der Waals surface area contributed by atoms with Crippen molar-refractivity contribution >= 4 is 16.6 Å². The molecular formula is C16H11F3N2. The molecule has 0 amide bonds. The van der Waals surface area contributed by atoms with Crippen molar-refractivity contribution in [1.82, 2.24) is 4.98 Å². The van der Waals surface area contributed by atoms with Crippen molar-refractivity contribution in [3.05, 3.63) is 60.2 Å². The van der Waals surface area contributed by atoms with Crippen LogP contribution in [0.2, 0.25) is 0 Å². The summed E-state index contributed by atoms with van der Waals surface area (Å²) in [5.41, 5.74) is 7.41. The molecular weight excluding hydrogens is 277 g/mol. The Hall–Kier alpha value is -2.56. The number of nitrogens with zero attached hydrogens (tertiary/aromatic N) is 1. The number of benzene rings is 2. The molecule has 0 radical (unpaired) electrons. The standard InChI is InChI=1S/C16H11F3N2/c17-16(18,19)11-6-7-14-12(8-11)13(20)9-15(21-14)10-4-2-1-3-5-10/h1-9H,(H2,20,21). The number of nitrogens with two attached hydrogens (primary N) is 1. The van der Waals surface area contributed by atoms with Gasteiger partial charge in [-0.1, -0.05) is 30.3 Å². The van der Waals surface area contributed by atoms with Gasteiger partial charge in [0, 0.05) is 16.6 Å². The number of aromatic nitrogens is 1. The lowest BCUT2D eigenvalue weighted by Gasteiger charge is -2.10. The number of pyridine rings is 1. The summed E-state index contributed by atoms with van der Waals surface area (Å²) in [6.45, 7) is 0. The molecule has 0 bridgehead atoms. The van der Waals surface area contributed by atoms with Gasteiger partial charge in [0.2, 0.25) is 0 Å². The minimum Gasteiger partial charge on any atom is -0.398 e. The van der Waals surface area contributed by atoms with Gasteiger partial charge in [-0.15, -0.1) is 0 Å². The predicted molar refractivity (Wildman–Crippen MR) is 76.6 cm³/mol. The lowest BCUT2D eigenvalue weighted by atomic mass is 10.1. The summed E-state index contributed by atoms with van der Waals surface area (Å²) in [4.78, 5) is 4.38. The van der Waals surface area contributed by atoms with Gasteiger partial charge < -0.3 is 5.73 Å². The number of halogens is 3. The molecule has 2 nitrogen and oxygen atoms in total. The van der Waals surface area contributed by atoms with E-state index in [1.165, 1.54) is 6.07 Å². The van der Waals surface area contributed by atoms with Gasteiger partial charge in [0.1, 0.15) is 0 Å². The number of nitrogen functional groups attached to an aromatic ring is 1. The Labute approximate surface area is 119 Å². The maximum Gasteiger partial charge on any atom is 0.416 e. The van der Waals surface area contributed by atoms with Crippen molar-refractivity contribution in [1.29, 1.82) is 0 Å². The molecule has 2 aromatic carbocycles. The molecule has 0 spiro atoms. The summed E-state index contributed by atoms with van der Waals surface area (Å²) in [6, 6.07) is 14.3. The zero-order valence-corrected chi connectivity index (χ0v) is 10.9. The van der Waals surface area contributed by atoms with E-state index in [0.29, 0.717) is 16.6 Å². The summed E-state index contributed by atoms with van der Waals surface area (Å²) in [5, 5.41) is 0.310. The van der Waals surface area contributed by atoms with E-state index in [0.717, 1.165) is 17.7 Å². The SMILES string of the molecule is Nc1cc(-c2ccccc2)nc2ccc(C(F)(F)F)cc12. The number of hydrogen-bond donors (Lipinski definition) is 1. The van der Waals surface area contributed by atoms with Gasteiger partial charge in [-0.3, -0.25) is 0 Å². The van der Waals surface area contributed by atoms with Crippen molar-refractivity contribution in [2.24, 2.45) is 0 Å². The Balaban J connectivity index is 2.18. The van der Waals surface area contributed by atoms with E-state index < -0.39 is 11.7 Å². The smallest absolute Gasteiger partial charge is 0.398 e. The summed E-state index contributed by atoms with van der Waals surface area (Å²) >= 11 is 0. The molecule has 3 aromatic rings. The first kappa shape index (κ1) is 13.4. The molecule has 3 rings (SSSR count). The lowest BCUT2D eigenvalue weighted by molar-refractivity contribution is -0.137. The molecule has 5 heteroatoms. The fourth-order valence-electron chi connectivity index (χ4n) is 2.18. The van der Waals surface area contributed by atoms with Gasteiger partial charge in [0.15, 0.2) is 0 Å². The first-order chi connectivity index (χ1) is 9.95. The number of rotatable bonds is 1. The summed E-state index contributed by atoms with van der Waals surface area (Å²) in [6.07, 6.45) is -4.39. The highest BCUT2D eigenvalue weighted by atomic mass is 19.4. The van der Waals surface area contributed by atoms with Crippen molar-refractivity contribution in [2.75, 3.05) is 5.73 Å². The van der Waals surface area contributed by atoms with E-state index in [1.54, 1.807) is 6.07 Å². The largest absolute Gasteiger partial charge is 0.416 e. The zero-order chi connectivity index (χ0) is 15.0. The van der Waals surface area contributed by atoms with Crippen LogP contribution in [0.25, 0.3) is 22.2 Å². The Morgan fingerprint density at radius 3 is 2.29 bits per heavy atom. The first-order valence-corrected chi connectivity index (χ1v) is 6.28.